The van der Waals surface area contributed by atoms with Gasteiger partial charge in [-0.3, -0.25) is 14.7 Å². The second kappa shape index (κ2) is 10.2. The van der Waals surface area contributed by atoms with E-state index in [1.54, 1.807) is 13.3 Å². The van der Waals surface area contributed by atoms with E-state index in [1.165, 1.54) is 38.5 Å². The number of piperidine rings is 1. The minimum atomic E-state index is -0.685. The molecule has 1 unspecified atom stereocenters. The summed E-state index contributed by atoms with van der Waals surface area (Å²) in [5, 5.41) is 21.9. The van der Waals surface area contributed by atoms with Crippen LogP contribution in [0.25, 0.3) is 10.9 Å². The monoisotopic (exact) mass is 466 g/mol. The first-order valence-electron chi connectivity index (χ1n) is 13.1. The summed E-state index contributed by atoms with van der Waals surface area (Å²) < 4.78 is 5.35. The molecule has 1 aromatic heterocycles. The van der Waals surface area contributed by atoms with Gasteiger partial charge >= 0.3 is 5.97 Å². The molecular weight excluding hydrogens is 428 g/mol. The van der Waals surface area contributed by atoms with E-state index in [0.29, 0.717) is 19.0 Å². The smallest absolute Gasteiger partial charge is 0.308 e. The number of fused-ring (bicyclic) bond motifs is 1. The van der Waals surface area contributed by atoms with Gasteiger partial charge in [-0.15, -0.1) is 0 Å². The molecule has 2 saturated carbocycles. The van der Waals surface area contributed by atoms with Crippen molar-refractivity contribution in [3.63, 3.8) is 0 Å². The lowest BCUT2D eigenvalue weighted by Gasteiger charge is -2.49. The Kier molecular flexibility index (Phi) is 7.07. The van der Waals surface area contributed by atoms with Gasteiger partial charge in [0.15, 0.2) is 0 Å². The first-order chi connectivity index (χ1) is 16.5. The van der Waals surface area contributed by atoms with Gasteiger partial charge in [0.1, 0.15) is 5.75 Å². The maximum absolute atomic E-state index is 12.2. The van der Waals surface area contributed by atoms with Gasteiger partial charge in [0, 0.05) is 24.2 Å². The molecule has 6 nitrogen and oxygen atoms in total. The third-order valence-corrected chi connectivity index (χ3v) is 8.99. The van der Waals surface area contributed by atoms with Crippen LogP contribution in [0, 0.1) is 23.7 Å². The van der Waals surface area contributed by atoms with Gasteiger partial charge < -0.3 is 14.9 Å². The standard InChI is InChI=1S/C28H38N2O4/c1-34-22-7-8-26-24(16-22)23(10-12-29-26)27(31)9-6-19-11-13-30(17-25(19)28(32)33)21-14-20(15-21)18-4-2-3-5-18/h7-8,10,12,16,18-21,25,27,31H,2-6,9,11,13-15,17H2,1H3,(H,32,33)/t19-,20?,21?,25+,27?/m1/s1. The third-order valence-electron chi connectivity index (χ3n) is 8.99. The fraction of sp³-hybridized carbons (Fsp3) is 0.643. The van der Waals surface area contributed by atoms with Crippen molar-refractivity contribution in [2.75, 3.05) is 20.2 Å². The highest BCUT2D eigenvalue weighted by molar-refractivity contribution is 5.83. The number of methoxy groups -OCH3 is 1. The number of carbonyl (C=O) groups is 1. The van der Waals surface area contributed by atoms with Crippen molar-refractivity contribution in [1.82, 2.24) is 9.88 Å². The zero-order valence-corrected chi connectivity index (χ0v) is 20.2. The van der Waals surface area contributed by atoms with Crippen molar-refractivity contribution < 1.29 is 19.7 Å². The van der Waals surface area contributed by atoms with E-state index in [1.807, 2.05) is 24.3 Å². The molecule has 5 rings (SSSR count). The molecule has 2 aliphatic carbocycles. The lowest BCUT2D eigenvalue weighted by molar-refractivity contribution is -0.147. The van der Waals surface area contributed by atoms with Crippen LogP contribution in [0.3, 0.4) is 0 Å². The summed E-state index contributed by atoms with van der Waals surface area (Å²) in [7, 11) is 1.63. The second-order valence-electron chi connectivity index (χ2n) is 10.8. The molecule has 34 heavy (non-hydrogen) atoms. The number of pyridine rings is 1. The van der Waals surface area contributed by atoms with Crippen LogP contribution in [0.15, 0.2) is 30.5 Å². The molecule has 1 aromatic carbocycles. The Morgan fingerprint density at radius 2 is 1.97 bits per heavy atom. The molecule has 0 bridgehead atoms. The SMILES string of the molecule is COc1ccc2nccc(C(O)CC[C@@H]3CCN(C4CC(C5CCCC5)C4)C[C@@H]3C(=O)O)c2c1. The number of rotatable bonds is 8. The van der Waals surface area contributed by atoms with Crippen molar-refractivity contribution in [2.45, 2.75) is 69.9 Å². The largest absolute Gasteiger partial charge is 0.497 e. The highest BCUT2D eigenvalue weighted by Crippen LogP contribution is 2.45. The number of nitrogens with zero attached hydrogens (tertiary/aromatic N) is 2. The Morgan fingerprint density at radius 3 is 2.71 bits per heavy atom. The molecule has 0 radical (unpaired) electrons. The van der Waals surface area contributed by atoms with Crippen LogP contribution in [0.5, 0.6) is 5.75 Å². The number of aliphatic carboxylic acids is 1. The maximum Gasteiger partial charge on any atom is 0.308 e. The van der Waals surface area contributed by atoms with Gasteiger partial charge in [0.25, 0.3) is 0 Å². The van der Waals surface area contributed by atoms with Gasteiger partial charge in [-0.25, -0.2) is 0 Å². The van der Waals surface area contributed by atoms with Gasteiger partial charge in [-0.05, 0) is 86.2 Å². The predicted octanol–water partition coefficient (Wildman–Crippen LogP) is 5.05. The highest BCUT2D eigenvalue weighted by atomic mass is 16.5. The number of likely N-dealkylation sites (tertiary alicyclic amines) is 1. The van der Waals surface area contributed by atoms with Crippen molar-refractivity contribution in [3.8, 4) is 5.75 Å². The summed E-state index contributed by atoms with van der Waals surface area (Å²) in [6, 6.07) is 8.13. The zero-order valence-electron chi connectivity index (χ0n) is 20.2. The van der Waals surface area contributed by atoms with E-state index in [-0.39, 0.29) is 11.8 Å². The number of benzene rings is 1. The van der Waals surface area contributed by atoms with Gasteiger partial charge in [-0.1, -0.05) is 25.7 Å². The molecule has 3 fully saturated rings. The number of carboxylic acids is 1. The Labute approximate surface area is 202 Å². The lowest BCUT2D eigenvalue weighted by atomic mass is 9.70. The summed E-state index contributed by atoms with van der Waals surface area (Å²) >= 11 is 0. The fourth-order valence-corrected chi connectivity index (χ4v) is 6.82. The summed E-state index contributed by atoms with van der Waals surface area (Å²) in [5.74, 6) is 1.61. The van der Waals surface area contributed by atoms with Gasteiger partial charge in [0.2, 0.25) is 0 Å². The lowest BCUT2D eigenvalue weighted by Crippen LogP contribution is -2.53. The Morgan fingerprint density at radius 1 is 1.18 bits per heavy atom. The topological polar surface area (TPSA) is 82.9 Å². The van der Waals surface area contributed by atoms with Crippen LogP contribution >= 0.6 is 0 Å². The van der Waals surface area contributed by atoms with Crippen molar-refractivity contribution >= 4 is 16.9 Å². The molecule has 2 heterocycles. The summed E-state index contributed by atoms with van der Waals surface area (Å²) in [6.07, 6.45) is 11.4. The second-order valence-corrected chi connectivity index (χ2v) is 10.8. The predicted molar refractivity (Wildman–Crippen MR) is 132 cm³/mol. The number of hydrogen-bond acceptors (Lipinski definition) is 5. The Hall–Kier alpha value is -2.18. The van der Waals surface area contributed by atoms with Crippen LogP contribution in [-0.4, -0.2) is 52.3 Å². The quantitative estimate of drug-likeness (QED) is 0.567. The van der Waals surface area contributed by atoms with Crippen LogP contribution in [0.2, 0.25) is 0 Å². The van der Waals surface area contributed by atoms with Crippen LogP contribution < -0.4 is 4.74 Å². The van der Waals surface area contributed by atoms with E-state index in [2.05, 4.69) is 9.88 Å². The normalized spacial score (nSPS) is 29.1. The molecule has 2 N–H and O–H groups in total. The molecule has 2 aromatic rings. The van der Waals surface area contributed by atoms with Gasteiger partial charge in [-0.2, -0.15) is 0 Å². The van der Waals surface area contributed by atoms with E-state index < -0.39 is 12.1 Å². The molecule has 6 heteroatoms. The molecule has 3 atom stereocenters. The number of aromatic nitrogens is 1. The van der Waals surface area contributed by atoms with Crippen molar-refractivity contribution in [1.29, 1.82) is 0 Å². The van der Waals surface area contributed by atoms with Crippen molar-refractivity contribution in [3.05, 3.63) is 36.0 Å². The molecule has 1 aliphatic heterocycles. The number of hydrogen-bond donors (Lipinski definition) is 2. The van der Waals surface area contributed by atoms with Crippen molar-refractivity contribution in [2.24, 2.45) is 23.7 Å². The van der Waals surface area contributed by atoms with Crippen LogP contribution in [0.1, 0.15) is 69.5 Å². The van der Waals surface area contributed by atoms with Crippen LogP contribution in [-0.2, 0) is 4.79 Å². The fourth-order valence-electron chi connectivity index (χ4n) is 6.82. The first-order valence-corrected chi connectivity index (χ1v) is 13.1. The number of aliphatic hydroxyl groups excluding tert-OH is 1. The molecule has 0 amide bonds. The van der Waals surface area contributed by atoms with Crippen LogP contribution in [0.4, 0.5) is 0 Å². The summed E-state index contributed by atoms with van der Waals surface area (Å²) in [5.41, 5.74) is 1.66. The average molecular weight is 467 g/mol. The highest BCUT2D eigenvalue weighted by Gasteiger charge is 2.43. The van der Waals surface area contributed by atoms with E-state index in [9.17, 15) is 15.0 Å². The maximum atomic E-state index is 12.2. The number of aliphatic hydroxyl groups is 1. The average Bonchev–Trinajstić information content (AvgIpc) is 3.35. The first kappa shape index (κ1) is 23.6. The van der Waals surface area contributed by atoms with E-state index in [0.717, 1.165) is 53.4 Å². The molecule has 3 aliphatic rings. The third kappa shape index (κ3) is 4.80. The minimum absolute atomic E-state index is 0.108. The summed E-state index contributed by atoms with van der Waals surface area (Å²) in [4.78, 5) is 19.0. The van der Waals surface area contributed by atoms with E-state index >= 15 is 0 Å². The Bertz CT molecular complexity index is 999. The number of carboxylic acid groups (broad SMARTS) is 1. The van der Waals surface area contributed by atoms with E-state index in [4.69, 9.17) is 4.74 Å². The molecule has 1 saturated heterocycles. The zero-order chi connectivity index (χ0) is 23.7. The molecule has 184 valence electrons. The Balaban J connectivity index is 1.19. The summed E-state index contributed by atoms with van der Waals surface area (Å²) in [6.45, 7) is 1.65. The van der Waals surface area contributed by atoms with Gasteiger partial charge in [0.05, 0.1) is 24.6 Å². The number of ether oxygens (including phenoxy) is 1. The molecule has 0 spiro atoms. The minimum Gasteiger partial charge on any atom is -0.497 e. The molecular formula is C28H38N2O4.